The summed E-state index contributed by atoms with van der Waals surface area (Å²) in [5.74, 6) is 1.44. The van der Waals surface area contributed by atoms with Gasteiger partial charge in [0.25, 0.3) is 0 Å². The number of rotatable bonds is 9. The molecule has 1 heterocycles. The lowest BCUT2D eigenvalue weighted by Gasteiger charge is -2.37. The first-order chi connectivity index (χ1) is 14.3. The molecule has 2 aromatic rings. The summed E-state index contributed by atoms with van der Waals surface area (Å²) in [6.45, 7) is 0.514. The normalized spacial score (nSPS) is 18.9. The molecule has 0 saturated carbocycles. The standard InChI is InChI=1S/C21H27N3O5S/c1-28-18-10-6-16(7-11-18)5-4-14-24-20(25)22-15-21(24,23-30(3,26)27)17-8-12-19(29-2)13-9-17/h6-13,23H,4-5,14-15H2,1-3H3,(H,22,25). The number of aryl methyl sites for hydroxylation is 1. The highest BCUT2D eigenvalue weighted by Crippen LogP contribution is 2.32. The van der Waals surface area contributed by atoms with E-state index in [1.165, 1.54) is 0 Å². The van der Waals surface area contributed by atoms with E-state index in [-0.39, 0.29) is 12.6 Å². The quantitative estimate of drug-likeness (QED) is 0.631. The van der Waals surface area contributed by atoms with Gasteiger partial charge in [-0.2, -0.15) is 4.72 Å². The van der Waals surface area contributed by atoms with E-state index in [1.807, 2.05) is 24.3 Å². The van der Waals surface area contributed by atoms with Crippen LogP contribution in [0.25, 0.3) is 0 Å². The number of urea groups is 1. The van der Waals surface area contributed by atoms with Crippen LogP contribution in [0.4, 0.5) is 4.79 Å². The van der Waals surface area contributed by atoms with Gasteiger partial charge < -0.3 is 14.8 Å². The Balaban J connectivity index is 1.83. The molecule has 1 aliphatic heterocycles. The molecule has 8 nitrogen and oxygen atoms in total. The third kappa shape index (κ3) is 4.85. The Morgan fingerprint density at radius 3 is 2.13 bits per heavy atom. The van der Waals surface area contributed by atoms with Crippen molar-refractivity contribution in [2.45, 2.75) is 18.5 Å². The van der Waals surface area contributed by atoms with E-state index in [0.717, 1.165) is 24.0 Å². The van der Waals surface area contributed by atoms with Crippen molar-refractivity contribution < 1.29 is 22.7 Å². The van der Waals surface area contributed by atoms with E-state index in [0.29, 0.717) is 24.3 Å². The van der Waals surface area contributed by atoms with Gasteiger partial charge in [0.1, 0.15) is 11.5 Å². The van der Waals surface area contributed by atoms with Crippen LogP contribution in [0.3, 0.4) is 0 Å². The Labute approximate surface area is 177 Å². The number of ether oxygens (including phenoxy) is 2. The summed E-state index contributed by atoms with van der Waals surface area (Å²) in [5.41, 5.74) is 0.578. The third-order valence-electron chi connectivity index (χ3n) is 5.13. The van der Waals surface area contributed by atoms with Gasteiger partial charge in [-0.05, 0) is 48.2 Å². The van der Waals surface area contributed by atoms with Crippen molar-refractivity contribution in [3.05, 3.63) is 59.7 Å². The van der Waals surface area contributed by atoms with E-state index in [9.17, 15) is 13.2 Å². The molecule has 1 fully saturated rings. The molecule has 3 rings (SSSR count). The molecule has 1 atom stereocenters. The molecule has 2 N–H and O–H groups in total. The van der Waals surface area contributed by atoms with Crippen LogP contribution in [0.1, 0.15) is 17.5 Å². The molecule has 0 bridgehead atoms. The van der Waals surface area contributed by atoms with E-state index >= 15 is 0 Å². The van der Waals surface area contributed by atoms with Crippen molar-refractivity contribution in [3.63, 3.8) is 0 Å². The first kappa shape index (κ1) is 21.9. The number of nitrogens with zero attached hydrogens (tertiary/aromatic N) is 1. The van der Waals surface area contributed by atoms with Crippen LogP contribution in [0.5, 0.6) is 11.5 Å². The zero-order valence-electron chi connectivity index (χ0n) is 17.3. The van der Waals surface area contributed by atoms with Crippen molar-refractivity contribution >= 4 is 16.1 Å². The Hall–Kier alpha value is -2.78. The molecule has 2 aromatic carbocycles. The summed E-state index contributed by atoms with van der Waals surface area (Å²) < 4.78 is 37.4. The maximum absolute atomic E-state index is 12.6. The molecule has 0 radical (unpaired) electrons. The number of methoxy groups -OCH3 is 2. The third-order valence-corrected chi connectivity index (χ3v) is 5.84. The molecule has 1 aliphatic rings. The molecule has 0 spiro atoms. The molecular weight excluding hydrogens is 406 g/mol. The lowest BCUT2D eigenvalue weighted by molar-refractivity contribution is 0.145. The largest absolute Gasteiger partial charge is 0.497 e. The second-order valence-electron chi connectivity index (χ2n) is 7.22. The van der Waals surface area contributed by atoms with Gasteiger partial charge in [0.05, 0.1) is 27.0 Å². The second-order valence-corrected chi connectivity index (χ2v) is 8.97. The fourth-order valence-corrected chi connectivity index (χ4v) is 4.59. The fourth-order valence-electron chi connectivity index (χ4n) is 3.68. The van der Waals surface area contributed by atoms with Gasteiger partial charge in [-0.25, -0.2) is 13.2 Å². The zero-order chi connectivity index (χ0) is 21.8. The van der Waals surface area contributed by atoms with Gasteiger partial charge in [-0.3, -0.25) is 4.90 Å². The summed E-state index contributed by atoms with van der Waals surface area (Å²) in [6, 6.07) is 14.5. The molecule has 2 amide bonds. The van der Waals surface area contributed by atoms with Crippen molar-refractivity contribution in [2.24, 2.45) is 0 Å². The molecule has 0 aromatic heterocycles. The second kappa shape index (κ2) is 8.93. The topological polar surface area (TPSA) is 97.0 Å². The zero-order valence-corrected chi connectivity index (χ0v) is 18.2. The average molecular weight is 434 g/mol. The number of benzene rings is 2. The summed E-state index contributed by atoms with van der Waals surface area (Å²) in [7, 11) is -0.419. The molecule has 0 aliphatic carbocycles. The van der Waals surface area contributed by atoms with E-state index in [1.54, 1.807) is 43.4 Å². The number of hydrogen-bond donors (Lipinski definition) is 2. The van der Waals surface area contributed by atoms with Crippen LogP contribution < -0.4 is 19.5 Å². The summed E-state index contributed by atoms with van der Waals surface area (Å²) in [6.07, 6.45) is 2.51. The van der Waals surface area contributed by atoms with Crippen molar-refractivity contribution in [1.82, 2.24) is 14.9 Å². The SMILES string of the molecule is COc1ccc(CCCN2C(=O)NCC2(NS(C)(=O)=O)c2ccc(OC)cc2)cc1. The van der Waals surface area contributed by atoms with Crippen molar-refractivity contribution in [2.75, 3.05) is 33.6 Å². The van der Waals surface area contributed by atoms with Gasteiger partial charge >= 0.3 is 6.03 Å². The minimum absolute atomic E-state index is 0.133. The minimum Gasteiger partial charge on any atom is -0.497 e. The lowest BCUT2D eigenvalue weighted by atomic mass is 9.99. The first-order valence-electron chi connectivity index (χ1n) is 9.59. The van der Waals surface area contributed by atoms with Crippen LogP contribution in [0.2, 0.25) is 0 Å². The first-order valence-corrected chi connectivity index (χ1v) is 11.5. The Morgan fingerprint density at radius 1 is 1.03 bits per heavy atom. The van der Waals surface area contributed by atoms with E-state index in [4.69, 9.17) is 9.47 Å². The van der Waals surface area contributed by atoms with Gasteiger partial charge in [0, 0.05) is 6.54 Å². The molecule has 1 saturated heterocycles. The van der Waals surface area contributed by atoms with Gasteiger partial charge in [0.15, 0.2) is 5.66 Å². The van der Waals surface area contributed by atoms with Crippen LogP contribution in [-0.4, -0.2) is 52.9 Å². The van der Waals surface area contributed by atoms with Crippen molar-refractivity contribution in [1.29, 1.82) is 0 Å². The number of carbonyl (C=O) groups is 1. The van der Waals surface area contributed by atoms with Crippen LogP contribution in [-0.2, 0) is 22.1 Å². The molecule has 1 unspecified atom stereocenters. The maximum Gasteiger partial charge on any atom is 0.319 e. The maximum atomic E-state index is 12.6. The van der Waals surface area contributed by atoms with Gasteiger partial charge in [-0.15, -0.1) is 0 Å². The van der Waals surface area contributed by atoms with Gasteiger partial charge in [-0.1, -0.05) is 24.3 Å². The Bertz CT molecular complexity index is 977. The predicted octanol–water partition coefficient (Wildman–Crippen LogP) is 2.06. The van der Waals surface area contributed by atoms with Crippen LogP contribution in [0.15, 0.2) is 48.5 Å². The van der Waals surface area contributed by atoms with Crippen LogP contribution >= 0.6 is 0 Å². The predicted molar refractivity (Wildman–Crippen MR) is 114 cm³/mol. The van der Waals surface area contributed by atoms with E-state index in [2.05, 4.69) is 10.0 Å². The summed E-state index contributed by atoms with van der Waals surface area (Å²) >= 11 is 0. The highest BCUT2D eigenvalue weighted by molar-refractivity contribution is 7.88. The summed E-state index contributed by atoms with van der Waals surface area (Å²) in [5, 5.41) is 2.79. The number of hydrogen-bond acceptors (Lipinski definition) is 5. The summed E-state index contributed by atoms with van der Waals surface area (Å²) in [4.78, 5) is 14.2. The van der Waals surface area contributed by atoms with Gasteiger partial charge in [0.2, 0.25) is 10.0 Å². The average Bonchev–Trinajstić information content (AvgIpc) is 3.03. The fraction of sp³-hybridized carbons (Fsp3) is 0.381. The number of nitrogens with one attached hydrogen (secondary N) is 2. The molecule has 30 heavy (non-hydrogen) atoms. The highest BCUT2D eigenvalue weighted by atomic mass is 32.2. The minimum atomic E-state index is -3.60. The Kier molecular flexibility index (Phi) is 6.52. The highest BCUT2D eigenvalue weighted by Gasteiger charge is 2.48. The van der Waals surface area contributed by atoms with Crippen molar-refractivity contribution in [3.8, 4) is 11.5 Å². The number of amides is 2. The molecule has 9 heteroatoms. The van der Waals surface area contributed by atoms with Crippen LogP contribution in [0, 0.1) is 0 Å². The lowest BCUT2D eigenvalue weighted by Crippen LogP contribution is -2.57. The van der Waals surface area contributed by atoms with E-state index < -0.39 is 15.7 Å². The number of sulfonamides is 1. The monoisotopic (exact) mass is 433 g/mol. The molecular formula is C21H27N3O5S. The Morgan fingerprint density at radius 2 is 1.60 bits per heavy atom. The number of carbonyl (C=O) groups excluding carboxylic acids is 1. The molecule has 162 valence electrons. The smallest absolute Gasteiger partial charge is 0.319 e.